The van der Waals surface area contributed by atoms with Gasteiger partial charge in [0.1, 0.15) is 0 Å². The first-order valence-corrected chi connectivity index (χ1v) is 8.81. The molecule has 0 saturated heterocycles. The molecule has 1 heteroatoms. The van der Waals surface area contributed by atoms with Crippen molar-refractivity contribution in [2.75, 3.05) is 0 Å². The van der Waals surface area contributed by atoms with Crippen LogP contribution in [0.1, 0.15) is 30.0 Å². The van der Waals surface area contributed by atoms with Crippen molar-refractivity contribution < 1.29 is 4.57 Å². The molecule has 0 N–H and O–H groups in total. The molecule has 0 fully saturated rings. The zero-order valence-corrected chi connectivity index (χ0v) is 13.7. The second kappa shape index (κ2) is 5.45. The summed E-state index contributed by atoms with van der Waals surface area (Å²) < 4.78 is 2.37. The zero-order chi connectivity index (χ0) is 15.9. The highest BCUT2D eigenvalue weighted by atomic mass is 15.0. The summed E-state index contributed by atoms with van der Waals surface area (Å²) in [7, 11) is 0. The first-order chi connectivity index (χ1) is 11.9. The molecule has 1 heterocycles. The predicted molar refractivity (Wildman–Crippen MR) is 99.2 cm³/mol. The number of aromatic nitrogens is 1. The topological polar surface area (TPSA) is 3.88 Å². The number of hydrogen-bond donors (Lipinski definition) is 0. The van der Waals surface area contributed by atoms with E-state index < -0.39 is 0 Å². The number of benzene rings is 3. The molecule has 1 atom stereocenters. The van der Waals surface area contributed by atoms with Crippen molar-refractivity contribution >= 4 is 21.5 Å². The summed E-state index contributed by atoms with van der Waals surface area (Å²) in [5, 5.41) is 5.53. The Kier molecular flexibility index (Phi) is 3.12. The quantitative estimate of drug-likeness (QED) is 0.336. The fourth-order valence-corrected chi connectivity index (χ4v) is 4.32. The maximum absolute atomic E-state index is 2.37. The second-order valence-electron chi connectivity index (χ2n) is 6.75. The van der Waals surface area contributed by atoms with E-state index in [1.165, 1.54) is 46.4 Å². The van der Waals surface area contributed by atoms with Crippen molar-refractivity contribution in [3.05, 3.63) is 90.3 Å². The largest absolute Gasteiger partial charge is 0.198 e. The Morgan fingerprint density at radius 3 is 2.46 bits per heavy atom. The number of rotatable bonds is 1. The van der Waals surface area contributed by atoms with Gasteiger partial charge in [0.05, 0.1) is 0 Å². The molecule has 1 aliphatic rings. The van der Waals surface area contributed by atoms with Gasteiger partial charge in [-0.2, -0.15) is 4.57 Å². The number of hydrogen-bond acceptors (Lipinski definition) is 0. The molecule has 3 aromatic carbocycles. The van der Waals surface area contributed by atoms with Gasteiger partial charge in [-0.25, -0.2) is 0 Å². The summed E-state index contributed by atoms with van der Waals surface area (Å²) in [6.07, 6.45) is 8.07. The van der Waals surface area contributed by atoms with Crippen LogP contribution < -0.4 is 4.57 Å². The lowest BCUT2D eigenvalue weighted by molar-refractivity contribution is -0.715. The first kappa shape index (κ1) is 13.7. The second-order valence-corrected chi connectivity index (χ2v) is 6.75. The molecular formula is C23H20N+. The van der Waals surface area contributed by atoms with Crippen LogP contribution in [0.25, 0.3) is 21.5 Å². The number of aryl methyl sites for hydroxylation is 1. The SMILES string of the molecule is c1cc[n+](C2CCCc3c2ccc2c3ccc3ccccc32)cc1. The van der Waals surface area contributed by atoms with E-state index in [0.29, 0.717) is 6.04 Å². The van der Waals surface area contributed by atoms with E-state index in [1.54, 1.807) is 5.56 Å². The van der Waals surface area contributed by atoms with Crippen molar-refractivity contribution in [3.8, 4) is 0 Å². The summed E-state index contributed by atoms with van der Waals surface area (Å²) in [6.45, 7) is 0. The zero-order valence-electron chi connectivity index (χ0n) is 13.7. The average molecular weight is 310 g/mol. The van der Waals surface area contributed by atoms with Gasteiger partial charge in [-0.05, 0) is 39.9 Å². The van der Waals surface area contributed by atoms with E-state index in [0.717, 1.165) is 0 Å². The molecule has 5 rings (SSSR count). The third kappa shape index (κ3) is 2.05. The fourth-order valence-electron chi connectivity index (χ4n) is 4.32. The molecule has 0 aliphatic heterocycles. The lowest BCUT2D eigenvalue weighted by Gasteiger charge is -2.23. The Morgan fingerprint density at radius 2 is 1.54 bits per heavy atom. The van der Waals surface area contributed by atoms with Crippen LogP contribution >= 0.6 is 0 Å². The Bertz CT molecular complexity index is 1030. The highest BCUT2D eigenvalue weighted by Crippen LogP contribution is 2.36. The molecule has 1 aromatic heterocycles. The Labute approximate surface area is 142 Å². The monoisotopic (exact) mass is 310 g/mol. The molecular weight excluding hydrogens is 290 g/mol. The van der Waals surface area contributed by atoms with E-state index in [2.05, 4.69) is 83.7 Å². The standard InChI is InChI=1S/C23H20N/c1-4-15-24(16-5-1)23-10-6-9-19-21-12-11-17-7-2-3-8-18(17)20(21)13-14-22(19)23/h1-5,7-8,11-16,23H,6,9-10H2/q+1. The first-order valence-electron chi connectivity index (χ1n) is 8.81. The molecule has 0 bridgehead atoms. The Balaban J connectivity index is 1.77. The normalized spacial score (nSPS) is 17.1. The number of pyridine rings is 1. The van der Waals surface area contributed by atoms with Gasteiger partial charge in [-0.3, -0.25) is 0 Å². The molecule has 1 nitrogen and oxygen atoms in total. The Morgan fingerprint density at radius 1 is 0.708 bits per heavy atom. The lowest BCUT2D eigenvalue weighted by Crippen LogP contribution is -2.41. The van der Waals surface area contributed by atoms with E-state index >= 15 is 0 Å². The third-order valence-electron chi connectivity index (χ3n) is 5.44. The maximum atomic E-state index is 2.37. The molecule has 0 saturated carbocycles. The highest BCUT2D eigenvalue weighted by molar-refractivity contribution is 6.08. The van der Waals surface area contributed by atoms with Crippen LogP contribution in [0.4, 0.5) is 0 Å². The van der Waals surface area contributed by atoms with Gasteiger partial charge in [-0.15, -0.1) is 0 Å². The number of fused-ring (bicyclic) bond motifs is 5. The number of nitrogens with zero attached hydrogens (tertiary/aromatic N) is 1. The van der Waals surface area contributed by atoms with Crippen LogP contribution in [0.5, 0.6) is 0 Å². The van der Waals surface area contributed by atoms with E-state index in [-0.39, 0.29) is 0 Å². The van der Waals surface area contributed by atoms with Crippen molar-refractivity contribution in [1.82, 2.24) is 0 Å². The van der Waals surface area contributed by atoms with Gasteiger partial charge in [0.15, 0.2) is 18.4 Å². The van der Waals surface area contributed by atoms with Gasteiger partial charge in [0, 0.05) is 24.1 Å². The highest BCUT2D eigenvalue weighted by Gasteiger charge is 2.28. The van der Waals surface area contributed by atoms with Crippen LogP contribution in [-0.4, -0.2) is 0 Å². The fraction of sp³-hybridized carbons (Fsp3) is 0.174. The van der Waals surface area contributed by atoms with Crippen molar-refractivity contribution in [3.63, 3.8) is 0 Å². The summed E-state index contributed by atoms with van der Waals surface area (Å²) in [5.41, 5.74) is 3.05. The molecule has 4 aromatic rings. The van der Waals surface area contributed by atoms with Crippen LogP contribution in [0.3, 0.4) is 0 Å². The molecule has 1 unspecified atom stereocenters. The predicted octanol–water partition coefficient (Wildman–Crippen LogP) is 5.21. The minimum Gasteiger partial charge on any atom is -0.198 e. The minimum absolute atomic E-state index is 0.464. The van der Waals surface area contributed by atoms with Crippen LogP contribution in [-0.2, 0) is 6.42 Å². The minimum atomic E-state index is 0.464. The van der Waals surface area contributed by atoms with Crippen molar-refractivity contribution in [2.45, 2.75) is 25.3 Å². The van der Waals surface area contributed by atoms with Gasteiger partial charge < -0.3 is 0 Å². The summed E-state index contributed by atoms with van der Waals surface area (Å²) in [5.74, 6) is 0. The van der Waals surface area contributed by atoms with Crippen LogP contribution in [0.2, 0.25) is 0 Å². The molecule has 116 valence electrons. The van der Waals surface area contributed by atoms with Gasteiger partial charge in [-0.1, -0.05) is 54.6 Å². The summed E-state index contributed by atoms with van der Waals surface area (Å²) in [4.78, 5) is 0. The molecule has 24 heavy (non-hydrogen) atoms. The van der Waals surface area contributed by atoms with Crippen molar-refractivity contribution in [2.24, 2.45) is 0 Å². The molecule has 0 spiro atoms. The van der Waals surface area contributed by atoms with Crippen LogP contribution in [0, 0.1) is 0 Å². The van der Waals surface area contributed by atoms with E-state index in [4.69, 9.17) is 0 Å². The van der Waals surface area contributed by atoms with Gasteiger partial charge in [0.2, 0.25) is 0 Å². The maximum Gasteiger partial charge on any atom is 0.183 e. The molecule has 0 radical (unpaired) electrons. The smallest absolute Gasteiger partial charge is 0.183 e. The van der Waals surface area contributed by atoms with Gasteiger partial charge >= 0.3 is 0 Å². The summed E-state index contributed by atoms with van der Waals surface area (Å²) in [6, 6.07) is 24.8. The Hall–Kier alpha value is -2.67. The lowest BCUT2D eigenvalue weighted by atomic mass is 9.83. The average Bonchev–Trinajstić information content (AvgIpc) is 2.67. The molecule has 0 amide bonds. The van der Waals surface area contributed by atoms with E-state index in [9.17, 15) is 0 Å². The third-order valence-corrected chi connectivity index (χ3v) is 5.44. The molecule has 1 aliphatic carbocycles. The van der Waals surface area contributed by atoms with Crippen molar-refractivity contribution in [1.29, 1.82) is 0 Å². The van der Waals surface area contributed by atoms with Gasteiger partial charge in [0.25, 0.3) is 0 Å². The van der Waals surface area contributed by atoms with E-state index in [1.807, 2.05) is 0 Å². The summed E-state index contributed by atoms with van der Waals surface area (Å²) >= 11 is 0. The van der Waals surface area contributed by atoms with Crippen LogP contribution in [0.15, 0.2) is 79.1 Å².